The third-order valence-corrected chi connectivity index (χ3v) is 4.46. The molecule has 0 atom stereocenters. The van der Waals surface area contributed by atoms with Gasteiger partial charge >= 0.3 is 6.18 Å². The quantitative estimate of drug-likeness (QED) is 0.688. The molecule has 0 saturated carbocycles. The number of ether oxygens (including phenoxy) is 1. The molecule has 0 radical (unpaired) electrons. The molecule has 0 spiro atoms. The number of hydrogen-bond donors (Lipinski definition) is 1. The van der Waals surface area contributed by atoms with Crippen LogP contribution >= 0.6 is 0 Å². The van der Waals surface area contributed by atoms with Gasteiger partial charge in [-0.1, -0.05) is 26.0 Å². The Kier molecular flexibility index (Phi) is 6.52. The molecule has 0 aliphatic heterocycles. The highest BCUT2D eigenvalue weighted by molar-refractivity contribution is 5.91. The van der Waals surface area contributed by atoms with E-state index in [1.54, 1.807) is 6.92 Å². The molecule has 0 aromatic heterocycles. The smallest absolute Gasteiger partial charge is 0.416 e. The molecule has 2 aromatic carbocycles. The zero-order chi connectivity index (χ0) is 20.2. The van der Waals surface area contributed by atoms with Gasteiger partial charge in [-0.15, -0.1) is 0 Å². The number of alkyl halides is 3. The lowest BCUT2D eigenvalue weighted by molar-refractivity contribution is -0.138. The summed E-state index contributed by atoms with van der Waals surface area (Å²) in [5.74, 6) is 0.185. The van der Waals surface area contributed by atoms with Gasteiger partial charge in [0.2, 0.25) is 5.91 Å². The highest BCUT2D eigenvalue weighted by atomic mass is 19.4. The fraction of sp³-hybridized carbons (Fsp3) is 0.381. The second-order valence-electron chi connectivity index (χ2n) is 6.42. The molecule has 0 fully saturated rings. The molecule has 0 aliphatic carbocycles. The monoisotopic (exact) mass is 379 g/mol. The van der Waals surface area contributed by atoms with Crippen molar-refractivity contribution in [1.82, 2.24) is 0 Å². The van der Waals surface area contributed by atoms with Gasteiger partial charge in [0, 0.05) is 17.7 Å². The number of nitrogens with one attached hydrogen (secondary N) is 1. The van der Waals surface area contributed by atoms with Gasteiger partial charge in [0.05, 0.1) is 5.56 Å². The predicted octanol–water partition coefficient (Wildman–Crippen LogP) is 5.81. The summed E-state index contributed by atoms with van der Waals surface area (Å²) in [5.41, 5.74) is 2.30. The number of aryl methyl sites for hydroxylation is 3. The van der Waals surface area contributed by atoms with Crippen molar-refractivity contribution in [3.63, 3.8) is 0 Å². The Hall–Kier alpha value is -2.50. The van der Waals surface area contributed by atoms with Crippen LogP contribution in [0.2, 0.25) is 0 Å². The summed E-state index contributed by atoms with van der Waals surface area (Å²) in [5, 5.41) is 2.53. The number of halogens is 3. The Morgan fingerprint density at radius 1 is 1.11 bits per heavy atom. The van der Waals surface area contributed by atoms with Crippen molar-refractivity contribution >= 4 is 11.6 Å². The lowest BCUT2D eigenvalue weighted by atomic mass is 10.0. The van der Waals surface area contributed by atoms with E-state index in [0.717, 1.165) is 23.6 Å². The topological polar surface area (TPSA) is 38.3 Å². The van der Waals surface area contributed by atoms with E-state index in [-0.39, 0.29) is 30.2 Å². The maximum absolute atomic E-state index is 13.4. The average molecular weight is 379 g/mol. The predicted molar refractivity (Wildman–Crippen MR) is 100.0 cm³/mol. The molecule has 0 aliphatic rings. The average Bonchev–Trinajstić information content (AvgIpc) is 2.61. The van der Waals surface area contributed by atoms with Crippen molar-refractivity contribution in [2.45, 2.75) is 53.3 Å². The molecule has 0 bridgehead atoms. The lowest BCUT2D eigenvalue weighted by Crippen LogP contribution is -2.17. The van der Waals surface area contributed by atoms with E-state index < -0.39 is 11.7 Å². The minimum atomic E-state index is -4.54. The molecule has 6 heteroatoms. The third kappa shape index (κ3) is 5.02. The summed E-state index contributed by atoms with van der Waals surface area (Å²) >= 11 is 0. The van der Waals surface area contributed by atoms with Crippen molar-refractivity contribution in [3.8, 4) is 5.75 Å². The Balaban J connectivity index is 2.39. The van der Waals surface area contributed by atoms with Crippen molar-refractivity contribution in [1.29, 1.82) is 0 Å². The van der Waals surface area contributed by atoms with Gasteiger partial charge in [-0.25, -0.2) is 0 Å². The fourth-order valence-electron chi connectivity index (χ4n) is 2.90. The minimum Gasteiger partial charge on any atom is -0.489 e. The van der Waals surface area contributed by atoms with E-state index in [9.17, 15) is 18.0 Å². The second-order valence-corrected chi connectivity index (χ2v) is 6.42. The molecule has 2 rings (SSSR count). The van der Waals surface area contributed by atoms with E-state index in [2.05, 4.69) is 5.32 Å². The van der Waals surface area contributed by atoms with Crippen LogP contribution in [0.1, 0.15) is 48.1 Å². The van der Waals surface area contributed by atoms with E-state index in [4.69, 9.17) is 4.74 Å². The van der Waals surface area contributed by atoms with Gasteiger partial charge in [0.15, 0.2) is 0 Å². The number of benzene rings is 2. The number of carbonyl (C=O) groups is 1. The zero-order valence-electron chi connectivity index (χ0n) is 16.0. The standard InChI is InChI=1S/C21H24F3NO2/c1-5-15-10-14(4)19(11-13(15)3)27-12-16-17(21(22,23)24)8-7-9-18(16)25-20(26)6-2/h7-11H,5-6,12H2,1-4H3,(H,25,26). The number of carbonyl (C=O) groups excluding carboxylic acids is 1. The number of rotatable bonds is 6. The van der Waals surface area contributed by atoms with Crippen LogP contribution in [0.15, 0.2) is 30.3 Å². The first-order valence-corrected chi connectivity index (χ1v) is 8.89. The molecule has 146 valence electrons. The van der Waals surface area contributed by atoms with Crippen LogP contribution in [0.5, 0.6) is 5.75 Å². The van der Waals surface area contributed by atoms with E-state index in [1.807, 2.05) is 32.9 Å². The Morgan fingerprint density at radius 3 is 2.41 bits per heavy atom. The zero-order valence-corrected chi connectivity index (χ0v) is 16.0. The summed E-state index contributed by atoms with van der Waals surface area (Å²) in [6.45, 7) is 7.21. The van der Waals surface area contributed by atoms with Crippen LogP contribution in [-0.2, 0) is 24.0 Å². The molecule has 1 amide bonds. The summed E-state index contributed by atoms with van der Waals surface area (Å²) in [7, 11) is 0. The van der Waals surface area contributed by atoms with Crippen LogP contribution in [0.25, 0.3) is 0 Å². The maximum Gasteiger partial charge on any atom is 0.416 e. The molecule has 0 unspecified atom stereocenters. The third-order valence-electron chi connectivity index (χ3n) is 4.46. The normalized spacial score (nSPS) is 11.4. The molecule has 0 heterocycles. The lowest BCUT2D eigenvalue weighted by Gasteiger charge is -2.19. The van der Waals surface area contributed by atoms with Gasteiger partial charge in [-0.05, 0) is 55.2 Å². The van der Waals surface area contributed by atoms with Crippen molar-refractivity contribution in [2.75, 3.05) is 5.32 Å². The summed E-state index contributed by atoms with van der Waals surface area (Å²) in [4.78, 5) is 11.7. The molecule has 27 heavy (non-hydrogen) atoms. The Labute approximate surface area is 157 Å². The van der Waals surface area contributed by atoms with Crippen LogP contribution < -0.4 is 10.1 Å². The van der Waals surface area contributed by atoms with Gasteiger partial charge in [0.1, 0.15) is 12.4 Å². The molecular weight excluding hydrogens is 355 g/mol. The molecule has 1 N–H and O–H groups in total. The fourth-order valence-corrected chi connectivity index (χ4v) is 2.90. The van der Waals surface area contributed by atoms with Gasteiger partial charge in [-0.2, -0.15) is 13.2 Å². The SMILES string of the molecule is CCC(=O)Nc1cccc(C(F)(F)F)c1COc1cc(C)c(CC)cc1C. The molecule has 2 aromatic rings. The van der Waals surface area contributed by atoms with Crippen LogP contribution in [0.4, 0.5) is 18.9 Å². The second kappa shape index (κ2) is 8.46. The van der Waals surface area contributed by atoms with Crippen molar-refractivity contribution < 1.29 is 22.7 Å². The summed E-state index contributed by atoms with van der Waals surface area (Å²) in [6.07, 6.45) is -3.49. The van der Waals surface area contributed by atoms with Crippen LogP contribution in [-0.4, -0.2) is 5.91 Å². The maximum atomic E-state index is 13.4. The molecule has 3 nitrogen and oxygen atoms in total. The summed E-state index contributed by atoms with van der Waals surface area (Å²) < 4.78 is 46.1. The number of hydrogen-bond acceptors (Lipinski definition) is 2. The van der Waals surface area contributed by atoms with Gasteiger partial charge < -0.3 is 10.1 Å². The van der Waals surface area contributed by atoms with Crippen LogP contribution in [0.3, 0.4) is 0 Å². The highest BCUT2D eigenvalue weighted by Crippen LogP contribution is 2.36. The minimum absolute atomic E-state index is 0.0802. The largest absolute Gasteiger partial charge is 0.489 e. The van der Waals surface area contributed by atoms with E-state index in [0.29, 0.717) is 5.75 Å². The van der Waals surface area contributed by atoms with Gasteiger partial charge in [0.25, 0.3) is 0 Å². The van der Waals surface area contributed by atoms with Crippen molar-refractivity contribution in [2.24, 2.45) is 0 Å². The van der Waals surface area contributed by atoms with E-state index in [1.165, 1.54) is 17.7 Å². The van der Waals surface area contributed by atoms with Gasteiger partial charge in [-0.3, -0.25) is 4.79 Å². The Morgan fingerprint density at radius 2 is 1.81 bits per heavy atom. The van der Waals surface area contributed by atoms with Crippen LogP contribution in [0, 0.1) is 13.8 Å². The highest BCUT2D eigenvalue weighted by Gasteiger charge is 2.34. The first-order chi connectivity index (χ1) is 12.7. The number of anilines is 1. The summed E-state index contributed by atoms with van der Waals surface area (Å²) in [6, 6.07) is 7.57. The van der Waals surface area contributed by atoms with E-state index >= 15 is 0 Å². The number of amides is 1. The Bertz CT molecular complexity index is 829. The first-order valence-electron chi connectivity index (χ1n) is 8.89. The van der Waals surface area contributed by atoms with Crippen molar-refractivity contribution in [3.05, 3.63) is 58.1 Å². The molecular formula is C21H24F3NO2. The molecule has 0 saturated heterocycles. The first kappa shape index (κ1) is 20.8.